The van der Waals surface area contributed by atoms with Crippen molar-refractivity contribution in [3.63, 3.8) is 0 Å². The number of hydrogen-bond donors (Lipinski definition) is 0. The van der Waals surface area contributed by atoms with Gasteiger partial charge in [-0.2, -0.15) is 0 Å². The van der Waals surface area contributed by atoms with Crippen molar-refractivity contribution < 1.29 is 0 Å². The molecule has 0 aliphatic carbocycles. The topological polar surface area (TPSA) is 18.4 Å². The van der Waals surface area contributed by atoms with Gasteiger partial charge in [-0.15, -0.1) is 0 Å². The zero-order valence-electron chi connectivity index (χ0n) is 9.84. The van der Waals surface area contributed by atoms with Gasteiger partial charge in [0.2, 0.25) is 5.96 Å². The quantitative estimate of drug-likeness (QED) is 0.535. The van der Waals surface area contributed by atoms with Crippen molar-refractivity contribution in [1.82, 2.24) is 10.0 Å². The highest BCUT2D eigenvalue weighted by molar-refractivity contribution is 5.91. The lowest BCUT2D eigenvalue weighted by molar-refractivity contribution is 0.206. The Morgan fingerprint density at radius 3 is 1.69 bits per heavy atom. The van der Waals surface area contributed by atoms with Gasteiger partial charge >= 0.3 is 0 Å². The highest BCUT2D eigenvalue weighted by atomic mass is 15.9. The molecule has 0 amide bonds. The Kier molecular flexibility index (Phi) is 2.09. The molecule has 0 aromatic heterocycles. The summed E-state index contributed by atoms with van der Waals surface area (Å²) in [5.74, 6) is 1.10. The molecule has 0 N–H and O–H groups in total. The van der Waals surface area contributed by atoms with Gasteiger partial charge in [0.05, 0.1) is 11.1 Å². The number of nitrogens with zero attached hydrogens (tertiary/aromatic N) is 3. The van der Waals surface area contributed by atoms with Crippen molar-refractivity contribution in [2.45, 2.75) is 52.6 Å². The Bertz CT molecular complexity index is 230. The number of rotatable bonds is 0. The smallest absolute Gasteiger partial charge is 0.236 e. The molecule has 1 heterocycles. The Balaban J connectivity index is 2.75. The van der Waals surface area contributed by atoms with Crippen molar-refractivity contribution in [2.75, 3.05) is 7.05 Å². The summed E-state index contributed by atoms with van der Waals surface area (Å²) < 4.78 is 0. The molecule has 1 saturated heterocycles. The summed E-state index contributed by atoms with van der Waals surface area (Å²) >= 11 is 0. The van der Waals surface area contributed by atoms with E-state index in [9.17, 15) is 0 Å². The maximum Gasteiger partial charge on any atom is 0.236 e. The number of hydrogen-bond acceptors (Lipinski definition) is 1. The fourth-order valence-electron chi connectivity index (χ4n) is 1.38. The maximum absolute atomic E-state index is 4.62. The molecule has 3 nitrogen and oxygen atoms in total. The lowest BCUT2D eigenvalue weighted by Gasteiger charge is -2.19. The highest BCUT2D eigenvalue weighted by Crippen LogP contribution is 2.30. The average Bonchev–Trinajstić information content (AvgIpc) is 2.34. The van der Waals surface area contributed by atoms with Crippen LogP contribution in [0.5, 0.6) is 0 Å². The van der Waals surface area contributed by atoms with E-state index < -0.39 is 0 Å². The van der Waals surface area contributed by atoms with E-state index in [1.807, 2.05) is 0 Å². The molecule has 13 heavy (non-hydrogen) atoms. The molecule has 76 valence electrons. The van der Waals surface area contributed by atoms with Crippen LogP contribution >= 0.6 is 0 Å². The van der Waals surface area contributed by atoms with Gasteiger partial charge in [-0.05, 0) is 41.5 Å². The zero-order valence-corrected chi connectivity index (χ0v) is 9.84. The molecule has 0 spiro atoms. The first-order chi connectivity index (χ1) is 5.63. The fourth-order valence-corrected chi connectivity index (χ4v) is 1.38. The third-order valence-corrected chi connectivity index (χ3v) is 1.81. The van der Waals surface area contributed by atoms with Crippen LogP contribution in [-0.4, -0.2) is 34.1 Å². The molecular weight excluding hydrogens is 162 g/mol. The van der Waals surface area contributed by atoms with Gasteiger partial charge in [-0.3, -0.25) is 5.01 Å². The molecule has 0 aromatic rings. The first kappa shape index (κ1) is 10.4. The molecule has 0 atom stereocenters. The molecule has 1 fully saturated rings. The van der Waals surface area contributed by atoms with E-state index in [-0.39, 0.29) is 11.1 Å². The summed E-state index contributed by atoms with van der Waals surface area (Å²) in [5, 5.41) is 4.31. The largest absolute Gasteiger partial charge is 0.253 e. The van der Waals surface area contributed by atoms with E-state index in [4.69, 9.17) is 0 Å². The van der Waals surface area contributed by atoms with Crippen LogP contribution in [0.2, 0.25) is 0 Å². The summed E-state index contributed by atoms with van der Waals surface area (Å²) in [4.78, 5) is 4.62. The SMILES string of the molecule is CN1C(=NC(C)(C)C)N1C(C)(C)C. The second-order valence-corrected chi connectivity index (χ2v) is 5.59. The normalized spacial score (nSPS) is 21.3. The Labute approximate surface area is 81.4 Å². The molecule has 1 rings (SSSR count). The van der Waals surface area contributed by atoms with E-state index in [2.05, 4.69) is 63.6 Å². The second-order valence-electron chi connectivity index (χ2n) is 5.59. The van der Waals surface area contributed by atoms with Gasteiger partial charge in [0.15, 0.2) is 0 Å². The summed E-state index contributed by atoms with van der Waals surface area (Å²) in [6.45, 7) is 12.9. The Hall–Kier alpha value is -0.730. The van der Waals surface area contributed by atoms with Crippen LogP contribution in [0, 0.1) is 0 Å². The molecular formula is C10H21N3. The van der Waals surface area contributed by atoms with Gasteiger partial charge in [0, 0.05) is 7.05 Å². The zero-order chi connectivity index (χ0) is 10.4. The predicted octanol–water partition coefficient (Wildman–Crippen LogP) is 2.10. The summed E-state index contributed by atoms with van der Waals surface area (Å²) in [7, 11) is 2.05. The highest BCUT2D eigenvalue weighted by Gasteiger charge is 2.44. The van der Waals surface area contributed by atoms with Gasteiger partial charge in [0.1, 0.15) is 0 Å². The van der Waals surface area contributed by atoms with E-state index in [0.717, 1.165) is 5.96 Å². The number of guanidine groups is 1. The van der Waals surface area contributed by atoms with Gasteiger partial charge < -0.3 is 0 Å². The van der Waals surface area contributed by atoms with E-state index in [1.54, 1.807) is 0 Å². The summed E-state index contributed by atoms with van der Waals surface area (Å²) in [6.07, 6.45) is 0. The summed E-state index contributed by atoms with van der Waals surface area (Å²) in [5.41, 5.74) is 0.169. The Morgan fingerprint density at radius 2 is 1.46 bits per heavy atom. The van der Waals surface area contributed by atoms with Crippen LogP contribution in [0.25, 0.3) is 0 Å². The number of hydrazine groups is 1. The first-order valence-electron chi connectivity index (χ1n) is 4.77. The first-order valence-corrected chi connectivity index (χ1v) is 4.77. The third kappa shape index (κ3) is 2.36. The third-order valence-electron chi connectivity index (χ3n) is 1.81. The van der Waals surface area contributed by atoms with Crippen LogP contribution < -0.4 is 0 Å². The average molecular weight is 183 g/mol. The minimum absolute atomic E-state index is 0.0175. The van der Waals surface area contributed by atoms with E-state index in [1.165, 1.54) is 0 Å². The molecule has 1 aliphatic rings. The second kappa shape index (κ2) is 2.63. The van der Waals surface area contributed by atoms with E-state index in [0.29, 0.717) is 0 Å². The molecule has 0 radical (unpaired) electrons. The molecule has 3 heteroatoms. The Morgan fingerprint density at radius 1 is 1.00 bits per heavy atom. The van der Waals surface area contributed by atoms with Crippen molar-refractivity contribution in [3.05, 3.63) is 0 Å². The van der Waals surface area contributed by atoms with Crippen molar-refractivity contribution in [3.8, 4) is 0 Å². The van der Waals surface area contributed by atoms with Crippen LogP contribution in [-0.2, 0) is 0 Å². The lowest BCUT2D eigenvalue weighted by atomic mass is 10.1. The lowest BCUT2D eigenvalue weighted by Crippen LogP contribution is -2.28. The van der Waals surface area contributed by atoms with Crippen LogP contribution in [0.15, 0.2) is 4.99 Å². The minimum Gasteiger partial charge on any atom is -0.253 e. The van der Waals surface area contributed by atoms with E-state index >= 15 is 0 Å². The van der Waals surface area contributed by atoms with Crippen LogP contribution in [0.3, 0.4) is 0 Å². The van der Waals surface area contributed by atoms with Crippen molar-refractivity contribution in [1.29, 1.82) is 0 Å². The fraction of sp³-hybridized carbons (Fsp3) is 0.900. The molecule has 0 unspecified atom stereocenters. The maximum atomic E-state index is 4.62. The van der Waals surface area contributed by atoms with Gasteiger partial charge in [-0.1, -0.05) is 0 Å². The van der Waals surface area contributed by atoms with Crippen molar-refractivity contribution >= 4 is 5.96 Å². The van der Waals surface area contributed by atoms with Gasteiger partial charge in [0.25, 0.3) is 0 Å². The van der Waals surface area contributed by atoms with Crippen molar-refractivity contribution in [2.24, 2.45) is 4.99 Å². The minimum atomic E-state index is 0.0175. The monoisotopic (exact) mass is 183 g/mol. The van der Waals surface area contributed by atoms with Crippen LogP contribution in [0.4, 0.5) is 0 Å². The van der Waals surface area contributed by atoms with Crippen LogP contribution in [0.1, 0.15) is 41.5 Å². The summed E-state index contributed by atoms with van der Waals surface area (Å²) in [6, 6.07) is 0. The molecule has 0 saturated carbocycles. The molecule has 0 aromatic carbocycles. The standard InChI is InChI=1S/C10H21N3/c1-9(2,3)11-8-12(7)13(8)10(4,5)6/h1-7H3. The molecule has 1 aliphatic heterocycles. The predicted molar refractivity (Wildman–Crippen MR) is 56.5 cm³/mol. The number of aliphatic imine (C=N–C) groups is 1. The molecule has 0 bridgehead atoms. The van der Waals surface area contributed by atoms with Gasteiger partial charge in [-0.25, -0.2) is 10.0 Å².